The first-order valence-corrected chi connectivity index (χ1v) is 8.42. The number of ether oxygens (including phenoxy) is 1. The lowest BCUT2D eigenvalue weighted by atomic mass is 10.1. The minimum Gasteiger partial charge on any atom is -0.473 e. The van der Waals surface area contributed by atoms with Crippen molar-refractivity contribution in [2.45, 2.75) is 26.4 Å². The Kier molecular flexibility index (Phi) is 5.13. The molecular weight excluding hydrogens is 328 g/mol. The first-order valence-electron chi connectivity index (χ1n) is 8.42. The fraction of sp³-hybridized carbons (Fsp3) is 0.263. The van der Waals surface area contributed by atoms with E-state index in [1.54, 1.807) is 6.20 Å². The van der Waals surface area contributed by atoms with Crippen LogP contribution in [-0.4, -0.2) is 28.1 Å². The van der Waals surface area contributed by atoms with Crippen LogP contribution in [0.3, 0.4) is 0 Å². The Bertz CT molecular complexity index is 966. The molecule has 132 valence electrons. The molecule has 1 atom stereocenters. The van der Waals surface area contributed by atoms with Gasteiger partial charge in [-0.3, -0.25) is 0 Å². The third-order valence-electron chi connectivity index (χ3n) is 4.02. The van der Waals surface area contributed by atoms with Gasteiger partial charge in [0, 0.05) is 24.3 Å². The number of rotatable bonds is 6. The van der Waals surface area contributed by atoms with Gasteiger partial charge in [0.15, 0.2) is 5.82 Å². The first-order chi connectivity index (χ1) is 12.6. The van der Waals surface area contributed by atoms with E-state index in [2.05, 4.69) is 25.6 Å². The molecule has 0 amide bonds. The molecule has 1 aromatic carbocycles. The highest BCUT2D eigenvalue weighted by atomic mass is 16.5. The summed E-state index contributed by atoms with van der Waals surface area (Å²) in [6, 6.07) is 9.94. The second-order valence-electron chi connectivity index (χ2n) is 5.83. The molecule has 0 aliphatic rings. The minimum absolute atomic E-state index is 0.0505. The van der Waals surface area contributed by atoms with Gasteiger partial charge < -0.3 is 15.4 Å². The predicted molar refractivity (Wildman–Crippen MR) is 102 cm³/mol. The molecule has 3 aromatic rings. The van der Waals surface area contributed by atoms with Gasteiger partial charge in [0.05, 0.1) is 12.3 Å². The molecule has 0 aliphatic carbocycles. The average molecular weight is 348 g/mol. The van der Waals surface area contributed by atoms with Crippen molar-refractivity contribution in [3.8, 4) is 11.9 Å². The number of aromatic nitrogens is 3. The van der Waals surface area contributed by atoms with Crippen molar-refractivity contribution >= 4 is 28.1 Å². The van der Waals surface area contributed by atoms with E-state index >= 15 is 0 Å². The zero-order chi connectivity index (χ0) is 18.5. The molecule has 2 N–H and O–H groups in total. The normalized spacial score (nSPS) is 11.6. The summed E-state index contributed by atoms with van der Waals surface area (Å²) in [5, 5.41) is 17.5. The Labute approximate surface area is 152 Å². The third-order valence-corrected chi connectivity index (χ3v) is 4.02. The van der Waals surface area contributed by atoms with Gasteiger partial charge in [-0.2, -0.15) is 10.2 Å². The Morgan fingerprint density at radius 3 is 2.81 bits per heavy atom. The zero-order valence-corrected chi connectivity index (χ0v) is 14.9. The van der Waals surface area contributed by atoms with Crippen molar-refractivity contribution in [3.63, 3.8) is 0 Å². The zero-order valence-electron chi connectivity index (χ0n) is 14.9. The molecule has 0 aliphatic heterocycles. The molecule has 0 bridgehead atoms. The van der Waals surface area contributed by atoms with E-state index in [1.165, 1.54) is 6.20 Å². The maximum atomic E-state index is 9.18. The standard InChI is InChI=1S/C19H20N6O/c1-4-12(2)26-19-16(9-20)22-11-18(25-19)24-17-8-13-6-5-7-15(21-3)14(13)10-23-17/h5-8,10-12,21H,4H2,1-3H3,(H,23,24,25). The smallest absolute Gasteiger partial charge is 0.253 e. The summed E-state index contributed by atoms with van der Waals surface area (Å²) in [6.07, 6.45) is 4.06. The number of nitriles is 1. The lowest BCUT2D eigenvalue weighted by Crippen LogP contribution is -2.13. The summed E-state index contributed by atoms with van der Waals surface area (Å²) < 4.78 is 5.70. The van der Waals surface area contributed by atoms with Gasteiger partial charge >= 0.3 is 0 Å². The van der Waals surface area contributed by atoms with Crippen molar-refractivity contribution < 1.29 is 4.74 Å². The highest BCUT2D eigenvalue weighted by molar-refractivity contribution is 5.94. The second-order valence-corrected chi connectivity index (χ2v) is 5.83. The fourth-order valence-corrected chi connectivity index (χ4v) is 2.45. The maximum absolute atomic E-state index is 9.18. The van der Waals surface area contributed by atoms with Gasteiger partial charge in [0.2, 0.25) is 5.69 Å². The Balaban J connectivity index is 1.90. The molecule has 0 radical (unpaired) electrons. The molecule has 1 unspecified atom stereocenters. The largest absolute Gasteiger partial charge is 0.473 e. The molecule has 0 saturated heterocycles. The summed E-state index contributed by atoms with van der Waals surface area (Å²) >= 11 is 0. The number of pyridine rings is 1. The van der Waals surface area contributed by atoms with E-state index in [0.29, 0.717) is 11.6 Å². The van der Waals surface area contributed by atoms with E-state index < -0.39 is 0 Å². The average Bonchev–Trinajstić information content (AvgIpc) is 2.67. The number of anilines is 3. The van der Waals surface area contributed by atoms with Crippen molar-refractivity contribution in [3.05, 3.63) is 42.4 Å². The number of nitrogens with zero attached hydrogens (tertiary/aromatic N) is 4. The molecule has 7 heteroatoms. The van der Waals surface area contributed by atoms with Crippen molar-refractivity contribution in [2.24, 2.45) is 0 Å². The van der Waals surface area contributed by atoms with Crippen molar-refractivity contribution in [2.75, 3.05) is 17.7 Å². The van der Waals surface area contributed by atoms with Crippen LogP contribution in [0.4, 0.5) is 17.3 Å². The van der Waals surface area contributed by atoms with E-state index in [9.17, 15) is 5.26 Å². The first kappa shape index (κ1) is 17.4. The summed E-state index contributed by atoms with van der Waals surface area (Å²) in [5.41, 5.74) is 1.19. The number of nitrogens with one attached hydrogen (secondary N) is 2. The Hall–Kier alpha value is -3.40. The fourth-order valence-electron chi connectivity index (χ4n) is 2.45. The predicted octanol–water partition coefficient (Wildman–Crippen LogP) is 3.86. The molecule has 0 saturated carbocycles. The van der Waals surface area contributed by atoms with Crippen LogP contribution < -0.4 is 15.4 Å². The molecule has 3 rings (SSSR count). The summed E-state index contributed by atoms with van der Waals surface area (Å²) in [4.78, 5) is 12.9. The second kappa shape index (κ2) is 7.66. The van der Waals surface area contributed by atoms with Crippen LogP contribution in [0.2, 0.25) is 0 Å². The van der Waals surface area contributed by atoms with Gasteiger partial charge in [-0.1, -0.05) is 19.1 Å². The highest BCUT2D eigenvalue weighted by Crippen LogP contribution is 2.26. The van der Waals surface area contributed by atoms with E-state index in [1.807, 2.05) is 51.2 Å². The van der Waals surface area contributed by atoms with Crippen LogP contribution >= 0.6 is 0 Å². The quantitative estimate of drug-likeness (QED) is 0.698. The lowest BCUT2D eigenvalue weighted by Gasteiger charge is -2.13. The number of fused-ring (bicyclic) bond motifs is 1. The molecule has 0 fully saturated rings. The van der Waals surface area contributed by atoms with E-state index in [0.717, 1.165) is 22.9 Å². The Morgan fingerprint density at radius 2 is 2.08 bits per heavy atom. The maximum Gasteiger partial charge on any atom is 0.253 e. The highest BCUT2D eigenvalue weighted by Gasteiger charge is 2.12. The van der Waals surface area contributed by atoms with Crippen LogP contribution in [0.5, 0.6) is 5.88 Å². The molecule has 2 heterocycles. The minimum atomic E-state index is -0.0505. The van der Waals surface area contributed by atoms with Gasteiger partial charge in [-0.05, 0) is 30.9 Å². The molecule has 0 spiro atoms. The number of hydrogen-bond donors (Lipinski definition) is 2. The van der Waals surface area contributed by atoms with Crippen molar-refractivity contribution in [1.82, 2.24) is 15.0 Å². The molecule has 7 nitrogen and oxygen atoms in total. The Morgan fingerprint density at radius 1 is 1.23 bits per heavy atom. The summed E-state index contributed by atoms with van der Waals surface area (Å²) in [7, 11) is 1.88. The van der Waals surface area contributed by atoms with Crippen LogP contribution in [0.25, 0.3) is 10.8 Å². The van der Waals surface area contributed by atoms with E-state index in [4.69, 9.17) is 4.74 Å². The van der Waals surface area contributed by atoms with Gasteiger partial charge in [-0.15, -0.1) is 0 Å². The molecule has 2 aromatic heterocycles. The van der Waals surface area contributed by atoms with Gasteiger partial charge in [0.1, 0.15) is 11.9 Å². The monoisotopic (exact) mass is 348 g/mol. The lowest BCUT2D eigenvalue weighted by molar-refractivity contribution is 0.207. The van der Waals surface area contributed by atoms with Gasteiger partial charge in [0.25, 0.3) is 5.88 Å². The number of benzene rings is 1. The third kappa shape index (κ3) is 3.64. The van der Waals surface area contributed by atoms with Crippen LogP contribution in [0.15, 0.2) is 36.7 Å². The molecular formula is C19H20N6O. The van der Waals surface area contributed by atoms with Crippen LogP contribution in [-0.2, 0) is 0 Å². The SMILES string of the molecule is CCC(C)Oc1nc(Nc2cc3cccc(NC)c3cn2)cnc1C#N. The number of hydrogen-bond acceptors (Lipinski definition) is 7. The van der Waals surface area contributed by atoms with Crippen LogP contribution in [0, 0.1) is 11.3 Å². The van der Waals surface area contributed by atoms with Crippen molar-refractivity contribution in [1.29, 1.82) is 5.26 Å². The molecule has 26 heavy (non-hydrogen) atoms. The topological polar surface area (TPSA) is 95.8 Å². The summed E-state index contributed by atoms with van der Waals surface area (Å²) in [6.45, 7) is 3.93. The van der Waals surface area contributed by atoms with Gasteiger partial charge in [-0.25, -0.2) is 9.97 Å². The van der Waals surface area contributed by atoms with E-state index in [-0.39, 0.29) is 17.7 Å². The van der Waals surface area contributed by atoms with Crippen LogP contribution in [0.1, 0.15) is 26.0 Å². The summed E-state index contributed by atoms with van der Waals surface area (Å²) in [5.74, 6) is 1.34.